The number of nitrogens with zero attached hydrogens (tertiary/aromatic N) is 1. The highest BCUT2D eigenvalue weighted by atomic mass is 19.1. The molecule has 2 aromatic carbocycles. The van der Waals surface area contributed by atoms with Crippen LogP contribution < -0.4 is 4.90 Å². The van der Waals surface area contributed by atoms with E-state index in [2.05, 4.69) is 29.2 Å². The minimum absolute atomic E-state index is 0.187. The largest absolute Gasteiger partial charge is 0.377 e. The van der Waals surface area contributed by atoms with Gasteiger partial charge in [-0.05, 0) is 42.7 Å². The van der Waals surface area contributed by atoms with Gasteiger partial charge in [0.25, 0.3) is 0 Å². The van der Waals surface area contributed by atoms with E-state index in [1.54, 1.807) is 0 Å². The molecule has 0 radical (unpaired) electrons. The Morgan fingerprint density at radius 1 is 1.00 bits per heavy atom. The lowest BCUT2D eigenvalue weighted by Gasteiger charge is -2.37. The molecule has 1 saturated heterocycles. The summed E-state index contributed by atoms with van der Waals surface area (Å²) in [6.07, 6.45) is 2.08. The molecule has 0 amide bonds. The molecule has 1 heterocycles. The van der Waals surface area contributed by atoms with Crippen LogP contribution in [0.5, 0.6) is 0 Å². The summed E-state index contributed by atoms with van der Waals surface area (Å²) in [6, 6.07) is 17.6. The van der Waals surface area contributed by atoms with Gasteiger partial charge in [-0.2, -0.15) is 0 Å². The van der Waals surface area contributed by atoms with Gasteiger partial charge in [0, 0.05) is 12.2 Å². The smallest absolute Gasteiger partial charge is 0.123 e. The molecule has 4 nitrogen and oxygen atoms in total. The minimum Gasteiger partial charge on any atom is -0.377 e. The van der Waals surface area contributed by atoms with Crippen molar-refractivity contribution in [3.8, 4) is 0 Å². The maximum Gasteiger partial charge on any atom is 0.123 e. The van der Waals surface area contributed by atoms with E-state index in [1.165, 1.54) is 17.7 Å². The van der Waals surface area contributed by atoms with E-state index in [1.807, 2.05) is 31.8 Å². The first-order valence-electron chi connectivity index (χ1n) is 8.04. The van der Waals surface area contributed by atoms with Gasteiger partial charge in [-0.3, -0.25) is 0 Å². The maximum atomic E-state index is 13.1. The van der Waals surface area contributed by atoms with E-state index in [9.17, 15) is 4.39 Å². The lowest BCUT2D eigenvalue weighted by atomic mass is 10.0. The average Bonchev–Trinajstić information content (AvgIpc) is 2.71. The van der Waals surface area contributed by atoms with Crippen molar-refractivity contribution >= 4 is 19.3 Å². The summed E-state index contributed by atoms with van der Waals surface area (Å²) in [4.78, 5) is 18.3. The van der Waals surface area contributed by atoms with Crippen molar-refractivity contribution < 1.29 is 18.7 Å². The van der Waals surface area contributed by atoms with Crippen molar-refractivity contribution in [3.63, 3.8) is 0 Å². The Morgan fingerprint density at radius 2 is 1.64 bits per heavy atom. The Bertz CT molecular complexity index is 590. The van der Waals surface area contributed by atoms with Gasteiger partial charge in [0.1, 0.15) is 19.4 Å². The lowest BCUT2D eigenvalue weighted by molar-refractivity contribution is -0.0987. The Kier molecular flexibility index (Phi) is 9.78. The molecule has 0 N–H and O–H groups in total. The van der Waals surface area contributed by atoms with E-state index in [4.69, 9.17) is 14.3 Å². The van der Waals surface area contributed by atoms with Gasteiger partial charge >= 0.3 is 0 Å². The zero-order valence-electron chi connectivity index (χ0n) is 14.3. The van der Waals surface area contributed by atoms with Gasteiger partial charge in [-0.15, -0.1) is 0 Å². The zero-order valence-corrected chi connectivity index (χ0v) is 14.3. The normalized spacial score (nSPS) is 16.0. The number of halogens is 1. The topological polar surface area (TPSA) is 46.6 Å². The number of carbonyl (C=O) groups excluding carboxylic acids is 2. The van der Waals surface area contributed by atoms with Crippen LogP contribution in [0.2, 0.25) is 0 Å². The van der Waals surface area contributed by atoms with Gasteiger partial charge in [0.2, 0.25) is 0 Å². The van der Waals surface area contributed by atoms with Crippen molar-refractivity contribution in [2.45, 2.75) is 18.9 Å². The predicted octanol–water partition coefficient (Wildman–Crippen LogP) is 3.29. The second kappa shape index (κ2) is 11.9. The maximum absolute atomic E-state index is 13.1. The van der Waals surface area contributed by atoms with E-state index < -0.39 is 0 Å². The summed E-state index contributed by atoms with van der Waals surface area (Å²) in [5.74, 6) is -0.187. The summed E-state index contributed by atoms with van der Waals surface area (Å²) < 4.78 is 18.7. The number of aryl methyl sites for hydroxylation is 1. The summed E-state index contributed by atoms with van der Waals surface area (Å²) in [6.45, 7) is 6.34. The Balaban J connectivity index is 0.000000730. The monoisotopic (exact) mass is 345 g/mol. The molecule has 1 unspecified atom stereocenters. The van der Waals surface area contributed by atoms with Crippen LogP contribution in [-0.2, 0) is 20.7 Å². The van der Waals surface area contributed by atoms with Gasteiger partial charge in [0.05, 0.1) is 19.3 Å². The molecule has 134 valence electrons. The van der Waals surface area contributed by atoms with Crippen LogP contribution in [0, 0.1) is 5.82 Å². The van der Waals surface area contributed by atoms with Gasteiger partial charge in [0.15, 0.2) is 0 Å². The van der Waals surface area contributed by atoms with E-state index >= 15 is 0 Å². The Labute approximate surface area is 148 Å². The fourth-order valence-corrected chi connectivity index (χ4v) is 2.84. The quantitative estimate of drug-likeness (QED) is 0.853. The number of rotatable bonds is 4. The molecule has 0 aromatic heterocycles. The molecule has 25 heavy (non-hydrogen) atoms. The molecule has 1 fully saturated rings. The number of anilines is 1. The van der Waals surface area contributed by atoms with E-state index in [0.717, 1.165) is 38.3 Å². The summed E-state index contributed by atoms with van der Waals surface area (Å²) in [5, 5.41) is 0. The average molecular weight is 345 g/mol. The standard InChI is InChI=1S/C18H20FNO.2CH2O/c19-16-7-10-17(11-8-16)20-12-13-21-14-18(20)9-6-15-4-2-1-3-5-15;2*1-2/h1-5,7-8,10-11,18H,6,9,12-14H2;2*1H2. The van der Waals surface area contributed by atoms with Crippen molar-refractivity contribution in [2.24, 2.45) is 0 Å². The van der Waals surface area contributed by atoms with Gasteiger partial charge < -0.3 is 19.2 Å². The van der Waals surface area contributed by atoms with Crippen LogP contribution in [0.3, 0.4) is 0 Å². The number of ether oxygens (including phenoxy) is 1. The lowest BCUT2D eigenvalue weighted by Crippen LogP contribution is -2.45. The van der Waals surface area contributed by atoms with Crippen molar-refractivity contribution in [1.82, 2.24) is 0 Å². The third-order valence-corrected chi connectivity index (χ3v) is 3.99. The second-order valence-electron chi connectivity index (χ2n) is 5.42. The summed E-state index contributed by atoms with van der Waals surface area (Å²) in [5.41, 5.74) is 2.43. The zero-order chi connectivity index (χ0) is 18.5. The first-order valence-corrected chi connectivity index (χ1v) is 8.04. The molecule has 2 aromatic rings. The van der Waals surface area contributed by atoms with Gasteiger partial charge in [-0.25, -0.2) is 4.39 Å². The highest BCUT2D eigenvalue weighted by Gasteiger charge is 2.23. The first-order chi connectivity index (χ1) is 12.3. The van der Waals surface area contributed by atoms with Crippen molar-refractivity contribution in [3.05, 3.63) is 66.0 Å². The molecule has 0 bridgehead atoms. The van der Waals surface area contributed by atoms with Crippen LogP contribution in [0.25, 0.3) is 0 Å². The molecule has 0 aliphatic carbocycles. The highest BCUT2D eigenvalue weighted by Crippen LogP contribution is 2.22. The molecule has 1 atom stereocenters. The first kappa shape index (κ1) is 20.5. The van der Waals surface area contributed by atoms with E-state index in [0.29, 0.717) is 6.04 Å². The van der Waals surface area contributed by atoms with Crippen molar-refractivity contribution in [1.29, 1.82) is 0 Å². The summed E-state index contributed by atoms with van der Waals surface area (Å²) in [7, 11) is 0. The Hall–Kier alpha value is -2.53. The molecule has 0 spiro atoms. The van der Waals surface area contributed by atoms with Crippen LogP contribution in [0.1, 0.15) is 12.0 Å². The highest BCUT2D eigenvalue weighted by molar-refractivity contribution is 5.47. The minimum atomic E-state index is -0.187. The number of benzene rings is 2. The van der Waals surface area contributed by atoms with Crippen LogP contribution in [-0.4, -0.2) is 39.4 Å². The Morgan fingerprint density at radius 3 is 2.28 bits per heavy atom. The predicted molar refractivity (Wildman–Crippen MR) is 97.4 cm³/mol. The molecule has 5 heteroatoms. The third kappa shape index (κ3) is 6.47. The SMILES string of the molecule is C=O.C=O.Fc1ccc(N2CCOCC2CCc2ccccc2)cc1. The molecule has 1 aliphatic heterocycles. The van der Waals surface area contributed by atoms with Gasteiger partial charge in [-0.1, -0.05) is 30.3 Å². The third-order valence-electron chi connectivity index (χ3n) is 3.99. The van der Waals surface area contributed by atoms with Crippen LogP contribution >= 0.6 is 0 Å². The summed E-state index contributed by atoms with van der Waals surface area (Å²) >= 11 is 0. The number of hydrogen-bond acceptors (Lipinski definition) is 4. The fraction of sp³-hybridized carbons (Fsp3) is 0.300. The van der Waals surface area contributed by atoms with E-state index in [-0.39, 0.29) is 5.82 Å². The second-order valence-corrected chi connectivity index (χ2v) is 5.42. The number of carbonyl (C=O) groups is 2. The fourth-order valence-electron chi connectivity index (χ4n) is 2.84. The molecular formula is C20H24FNO3. The van der Waals surface area contributed by atoms with Crippen LogP contribution in [0.15, 0.2) is 54.6 Å². The molecule has 3 rings (SSSR count). The van der Waals surface area contributed by atoms with Crippen molar-refractivity contribution in [2.75, 3.05) is 24.7 Å². The molecule has 1 aliphatic rings. The number of morpholine rings is 1. The van der Waals surface area contributed by atoms with Crippen LogP contribution in [0.4, 0.5) is 10.1 Å². The molecular weight excluding hydrogens is 321 g/mol. The number of hydrogen-bond donors (Lipinski definition) is 0. The molecule has 0 saturated carbocycles.